The standard InChI is InChI=1S/C18H14O8.C17H17N3O/c19-13(11-7-3-1-4-8-11)17(25,15(21)22)18(26,16(23)24)14(20)12-9-5-2-6-10-12;1-20-9-13(12-4-2-3-5-16(12)20)17(21)11-6-7-14-15(8-11)19-10-18-14/h1-10,25-26H,(H,21,22)(H,23,24);2-5,9-11H,6-8H2,1H3,(H,18,19)/t;11-/m.1/s1. The van der Waals surface area contributed by atoms with E-state index < -0.39 is 45.8 Å². The van der Waals surface area contributed by atoms with E-state index in [9.17, 15) is 44.4 Å². The normalized spacial score (nSPS) is 16.4. The minimum absolute atomic E-state index is 0.0590. The van der Waals surface area contributed by atoms with Crippen molar-refractivity contribution < 1.29 is 44.4 Å². The van der Waals surface area contributed by atoms with Gasteiger partial charge in [0.15, 0.2) is 5.78 Å². The summed E-state index contributed by atoms with van der Waals surface area (Å²) in [7, 11) is 1.99. The predicted molar refractivity (Wildman–Crippen MR) is 168 cm³/mol. The van der Waals surface area contributed by atoms with Crippen molar-refractivity contribution in [3.63, 3.8) is 0 Å². The largest absolute Gasteiger partial charge is 0.479 e. The van der Waals surface area contributed by atoms with E-state index in [1.165, 1.54) is 36.4 Å². The third-order valence-corrected chi connectivity index (χ3v) is 8.39. The number of aromatic nitrogens is 3. The molecule has 0 spiro atoms. The number of hydrogen-bond donors (Lipinski definition) is 5. The van der Waals surface area contributed by atoms with Crippen LogP contribution in [0, 0.1) is 5.92 Å². The van der Waals surface area contributed by atoms with Crippen LogP contribution in [0.25, 0.3) is 10.9 Å². The highest BCUT2D eigenvalue weighted by Gasteiger charge is 2.69. The number of rotatable bonds is 9. The van der Waals surface area contributed by atoms with Crippen LogP contribution in [-0.4, -0.2) is 75.5 Å². The Labute approximate surface area is 267 Å². The average molecular weight is 638 g/mol. The van der Waals surface area contributed by atoms with Crippen LogP contribution in [-0.2, 0) is 29.5 Å². The maximum Gasteiger partial charge on any atom is 0.348 e. The molecular formula is C35H31N3O9. The molecule has 0 saturated heterocycles. The van der Waals surface area contributed by atoms with Crippen molar-refractivity contribution in [3.05, 3.63) is 126 Å². The highest BCUT2D eigenvalue weighted by molar-refractivity contribution is 6.28. The predicted octanol–water partition coefficient (Wildman–Crippen LogP) is 3.27. The molecule has 47 heavy (non-hydrogen) atoms. The Morgan fingerprint density at radius 1 is 0.787 bits per heavy atom. The first-order chi connectivity index (χ1) is 22.4. The SMILES string of the molecule is Cn1cc(C(=O)[C@@H]2CCc3nc[nH]c3C2)c2ccccc21.O=C(O)C(O)(C(=O)c1ccccc1)C(O)(C(=O)O)C(=O)c1ccccc1. The topological polar surface area (TPSA) is 200 Å². The second kappa shape index (κ2) is 12.9. The molecule has 0 fully saturated rings. The number of nitrogens with zero attached hydrogens (tertiary/aromatic N) is 2. The fraction of sp³-hybridized carbons (Fsp3) is 0.200. The molecule has 5 aromatic rings. The van der Waals surface area contributed by atoms with E-state index in [4.69, 9.17) is 0 Å². The third kappa shape index (κ3) is 5.75. The number of aryl methyl sites for hydroxylation is 2. The van der Waals surface area contributed by atoms with Gasteiger partial charge in [-0.05, 0) is 25.3 Å². The summed E-state index contributed by atoms with van der Waals surface area (Å²) < 4.78 is 2.03. The number of carbonyl (C=O) groups is 5. The lowest BCUT2D eigenvalue weighted by Crippen LogP contribution is -2.71. The van der Waals surface area contributed by atoms with Crippen molar-refractivity contribution in [2.45, 2.75) is 30.5 Å². The fourth-order valence-corrected chi connectivity index (χ4v) is 5.81. The molecule has 3 aromatic carbocycles. The highest BCUT2D eigenvalue weighted by atomic mass is 16.5. The quantitative estimate of drug-likeness (QED) is 0.118. The first-order valence-electron chi connectivity index (χ1n) is 14.6. The highest BCUT2D eigenvalue weighted by Crippen LogP contribution is 2.32. The molecule has 0 aliphatic heterocycles. The smallest absolute Gasteiger partial charge is 0.348 e. The van der Waals surface area contributed by atoms with Crippen LogP contribution >= 0.6 is 0 Å². The minimum atomic E-state index is -3.95. The van der Waals surface area contributed by atoms with E-state index >= 15 is 0 Å². The molecule has 0 amide bonds. The number of nitrogens with one attached hydrogen (secondary N) is 1. The molecule has 2 aromatic heterocycles. The van der Waals surface area contributed by atoms with Crippen LogP contribution in [0.3, 0.4) is 0 Å². The van der Waals surface area contributed by atoms with Gasteiger partial charge < -0.3 is 30.0 Å². The lowest BCUT2D eigenvalue weighted by atomic mass is 9.73. The number of benzene rings is 3. The first kappa shape index (κ1) is 32.7. The summed E-state index contributed by atoms with van der Waals surface area (Å²) in [5.41, 5.74) is -4.48. The molecule has 2 heterocycles. The van der Waals surface area contributed by atoms with Gasteiger partial charge in [0.1, 0.15) is 0 Å². The molecule has 12 nitrogen and oxygen atoms in total. The number of Topliss-reactive ketones (excluding diaryl/α,β-unsaturated/α-hetero) is 3. The molecule has 0 bridgehead atoms. The fourth-order valence-electron chi connectivity index (χ4n) is 5.81. The monoisotopic (exact) mass is 637 g/mol. The molecule has 0 saturated carbocycles. The van der Waals surface area contributed by atoms with Crippen molar-refractivity contribution in [3.8, 4) is 0 Å². The molecule has 5 N–H and O–H groups in total. The number of aliphatic carboxylic acids is 2. The zero-order valence-corrected chi connectivity index (χ0v) is 25.2. The van der Waals surface area contributed by atoms with Gasteiger partial charge >= 0.3 is 11.9 Å². The Morgan fingerprint density at radius 3 is 1.83 bits per heavy atom. The maximum atomic E-state index is 12.9. The number of H-pyrrole nitrogens is 1. The summed E-state index contributed by atoms with van der Waals surface area (Å²) in [5, 5.41) is 40.9. The lowest BCUT2D eigenvalue weighted by Gasteiger charge is -2.34. The summed E-state index contributed by atoms with van der Waals surface area (Å²) in [4.78, 5) is 68.9. The second-order valence-corrected chi connectivity index (χ2v) is 11.2. The van der Waals surface area contributed by atoms with Crippen LogP contribution in [0.5, 0.6) is 0 Å². The number of para-hydroxylation sites is 1. The molecule has 12 heteroatoms. The third-order valence-electron chi connectivity index (χ3n) is 8.39. The Kier molecular flexibility index (Phi) is 9.00. The Morgan fingerprint density at radius 2 is 1.30 bits per heavy atom. The van der Waals surface area contributed by atoms with Crippen LogP contribution in [0.1, 0.15) is 48.9 Å². The Hall–Kier alpha value is -5.72. The molecule has 240 valence electrons. The minimum Gasteiger partial charge on any atom is -0.479 e. The van der Waals surface area contributed by atoms with Crippen LogP contribution in [0.15, 0.2) is 97.5 Å². The van der Waals surface area contributed by atoms with Gasteiger partial charge in [0.05, 0.1) is 12.0 Å². The Bertz CT molecular complexity index is 1910. The van der Waals surface area contributed by atoms with E-state index in [0.717, 1.165) is 71.4 Å². The zero-order chi connectivity index (χ0) is 33.9. The molecule has 1 aliphatic carbocycles. The van der Waals surface area contributed by atoms with Gasteiger partial charge in [-0.25, -0.2) is 14.6 Å². The molecular weight excluding hydrogens is 606 g/mol. The summed E-state index contributed by atoms with van der Waals surface area (Å²) in [6, 6.07) is 20.9. The number of aliphatic hydroxyl groups is 2. The molecule has 3 atom stereocenters. The lowest BCUT2D eigenvalue weighted by molar-refractivity contribution is -0.187. The van der Waals surface area contributed by atoms with Crippen LogP contribution < -0.4 is 0 Å². The number of fused-ring (bicyclic) bond motifs is 2. The molecule has 0 radical (unpaired) electrons. The van der Waals surface area contributed by atoms with Gasteiger partial charge in [-0.2, -0.15) is 0 Å². The molecule has 2 unspecified atom stereocenters. The number of aromatic amines is 1. The number of carboxylic acid groups (broad SMARTS) is 2. The first-order valence-corrected chi connectivity index (χ1v) is 14.6. The van der Waals surface area contributed by atoms with Gasteiger partial charge in [-0.3, -0.25) is 14.4 Å². The van der Waals surface area contributed by atoms with E-state index in [1.807, 2.05) is 36.0 Å². The summed E-state index contributed by atoms with van der Waals surface area (Å²) in [5.74, 6) is -7.71. The number of hydrogen-bond acceptors (Lipinski definition) is 8. The van der Waals surface area contributed by atoms with E-state index in [-0.39, 0.29) is 11.7 Å². The van der Waals surface area contributed by atoms with Crippen LogP contribution in [0.2, 0.25) is 0 Å². The zero-order valence-electron chi connectivity index (χ0n) is 25.2. The molecule has 1 aliphatic rings. The Balaban J connectivity index is 0.000000188. The summed E-state index contributed by atoms with van der Waals surface area (Å²) in [6.07, 6.45) is 6.25. The van der Waals surface area contributed by atoms with E-state index in [0.29, 0.717) is 0 Å². The van der Waals surface area contributed by atoms with E-state index in [1.54, 1.807) is 6.33 Å². The van der Waals surface area contributed by atoms with Crippen molar-refractivity contribution in [1.82, 2.24) is 14.5 Å². The van der Waals surface area contributed by atoms with Crippen molar-refractivity contribution in [1.29, 1.82) is 0 Å². The van der Waals surface area contributed by atoms with Crippen molar-refractivity contribution in [2.24, 2.45) is 13.0 Å². The van der Waals surface area contributed by atoms with Crippen molar-refractivity contribution >= 4 is 40.2 Å². The summed E-state index contributed by atoms with van der Waals surface area (Å²) >= 11 is 0. The van der Waals surface area contributed by atoms with Gasteiger partial charge in [0.2, 0.25) is 11.6 Å². The van der Waals surface area contributed by atoms with Gasteiger partial charge in [0.25, 0.3) is 11.2 Å². The van der Waals surface area contributed by atoms with Gasteiger partial charge in [-0.15, -0.1) is 0 Å². The molecule has 6 rings (SSSR count). The summed E-state index contributed by atoms with van der Waals surface area (Å²) in [6.45, 7) is 0. The maximum absolute atomic E-state index is 12.9. The number of imidazole rings is 1. The van der Waals surface area contributed by atoms with Gasteiger partial charge in [0, 0.05) is 52.4 Å². The van der Waals surface area contributed by atoms with E-state index in [2.05, 4.69) is 16.0 Å². The van der Waals surface area contributed by atoms with Crippen LogP contribution in [0.4, 0.5) is 0 Å². The van der Waals surface area contributed by atoms with Gasteiger partial charge in [-0.1, -0.05) is 78.9 Å². The van der Waals surface area contributed by atoms with Crippen molar-refractivity contribution in [2.75, 3.05) is 0 Å². The number of carbonyl (C=O) groups excluding carboxylic acids is 3. The average Bonchev–Trinajstić information content (AvgIpc) is 3.71. The number of ketones is 3. The second-order valence-electron chi connectivity index (χ2n) is 11.2. The number of carboxylic acids is 2.